The Labute approximate surface area is 150 Å². The lowest BCUT2D eigenvalue weighted by molar-refractivity contribution is 0.662. The van der Waals surface area contributed by atoms with Crippen LogP contribution in [-0.2, 0) is 26.6 Å². The minimum atomic E-state index is -0.377. The van der Waals surface area contributed by atoms with E-state index in [0.717, 1.165) is 18.7 Å². The van der Waals surface area contributed by atoms with Crippen LogP contribution >= 0.6 is 0 Å². The number of rotatable bonds is 4. The van der Waals surface area contributed by atoms with Crippen molar-refractivity contribution in [3.8, 4) is 0 Å². The Kier molecular flexibility index (Phi) is 3.79. The van der Waals surface area contributed by atoms with Crippen molar-refractivity contribution in [2.24, 2.45) is 7.05 Å². The first-order chi connectivity index (χ1) is 12.6. The molecule has 0 fully saturated rings. The summed E-state index contributed by atoms with van der Waals surface area (Å²) in [7, 11) is 1.65. The molecule has 0 bridgehead atoms. The van der Waals surface area contributed by atoms with Crippen molar-refractivity contribution in [2.75, 3.05) is 11.4 Å². The van der Waals surface area contributed by atoms with Crippen molar-refractivity contribution in [3.63, 3.8) is 0 Å². The zero-order valence-corrected chi connectivity index (χ0v) is 15.0. The van der Waals surface area contributed by atoms with Gasteiger partial charge in [0.25, 0.3) is 5.56 Å². The third-order valence-electron chi connectivity index (χ3n) is 4.97. The zero-order valence-electron chi connectivity index (χ0n) is 15.0. The maximum Gasteiger partial charge on any atom is 0.332 e. The van der Waals surface area contributed by atoms with Gasteiger partial charge < -0.3 is 9.47 Å². The van der Waals surface area contributed by atoms with Gasteiger partial charge in [-0.3, -0.25) is 13.9 Å². The minimum absolute atomic E-state index is 0.185. The molecule has 0 amide bonds. The monoisotopic (exact) mass is 351 g/mol. The smallest absolute Gasteiger partial charge is 0.310 e. The van der Waals surface area contributed by atoms with E-state index in [1.54, 1.807) is 13.1 Å². The topological polar surface area (TPSA) is 65.1 Å². The molecule has 0 saturated carbocycles. The Hall–Kier alpha value is -3.09. The Morgan fingerprint density at radius 3 is 2.58 bits per heavy atom. The van der Waals surface area contributed by atoms with E-state index in [2.05, 4.69) is 47.7 Å². The quantitative estimate of drug-likeness (QED) is 0.673. The van der Waals surface area contributed by atoms with Gasteiger partial charge in [-0.2, -0.15) is 4.98 Å². The predicted octanol–water partition coefficient (Wildman–Crippen LogP) is 1.80. The van der Waals surface area contributed by atoms with Gasteiger partial charge in [0.05, 0.1) is 0 Å². The largest absolute Gasteiger partial charge is 0.332 e. The summed E-state index contributed by atoms with van der Waals surface area (Å²) in [6.07, 6.45) is 2.54. The summed E-state index contributed by atoms with van der Waals surface area (Å²) in [5.41, 5.74) is 2.51. The highest BCUT2D eigenvalue weighted by Gasteiger charge is 2.28. The first-order valence-corrected chi connectivity index (χ1v) is 8.74. The lowest BCUT2D eigenvalue weighted by Gasteiger charge is -2.16. The number of imidazole rings is 1. The number of nitrogens with zero attached hydrogens (tertiary/aromatic N) is 5. The number of fused-ring (bicyclic) bond motifs is 3. The number of allylic oxidation sites excluding steroid dienone is 1. The first kappa shape index (κ1) is 16.4. The number of aromatic nitrogens is 4. The summed E-state index contributed by atoms with van der Waals surface area (Å²) < 4.78 is 4.54. The molecule has 1 aliphatic heterocycles. The van der Waals surface area contributed by atoms with Gasteiger partial charge in [0.1, 0.15) is 0 Å². The molecule has 0 aliphatic carbocycles. The molecular formula is C19H21N5O2. The summed E-state index contributed by atoms with van der Waals surface area (Å²) in [6, 6.07) is 8.35. The van der Waals surface area contributed by atoms with Gasteiger partial charge in [-0.15, -0.1) is 6.58 Å². The van der Waals surface area contributed by atoms with E-state index in [1.807, 2.05) is 4.57 Å². The molecule has 7 nitrogen and oxygen atoms in total. The van der Waals surface area contributed by atoms with Gasteiger partial charge >= 0.3 is 5.69 Å². The molecular weight excluding hydrogens is 330 g/mol. The average molecular weight is 351 g/mol. The van der Waals surface area contributed by atoms with Crippen LogP contribution in [0, 0.1) is 0 Å². The second-order valence-corrected chi connectivity index (χ2v) is 6.45. The predicted molar refractivity (Wildman–Crippen MR) is 102 cm³/mol. The van der Waals surface area contributed by atoms with Crippen molar-refractivity contribution in [2.45, 2.75) is 26.4 Å². The van der Waals surface area contributed by atoms with E-state index in [0.29, 0.717) is 23.7 Å². The van der Waals surface area contributed by atoms with Crippen LogP contribution in [-0.4, -0.2) is 25.2 Å². The molecule has 1 aromatic carbocycles. The maximum absolute atomic E-state index is 12.9. The van der Waals surface area contributed by atoms with E-state index in [4.69, 9.17) is 0 Å². The van der Waals surface area contributed by atoms with Gasteiger partial charge in [-0.05, 0) is 24.1 Å². The van der Waals surface area contributed by atoms with Crippen LogP contribution in [0.1, 0.15) is 12.5 Å². The fourth-order valence-corrected chi connectivity index (χ4v) is 3.52. The van der Waals surface area contributed by atoms with Crippen molar-refractivity contribution < 1.29 is 0 Å². The van der Waals surface area contributed by atoms with Crippen LogP contribution in [0.5, 0.6) is 0 Å². The summed E-state index contributed by atoms with van der Waals surface area (Å²) in [5, 5.41) is 0. The molecule has 0 N–H and O–H groups in total. The second-order valence-electron chi connectivity index (χ2n) is 6.45. The van der Waals surface area contributed by atoms with Crippen molar-refractivity contribution in [1.82, 2.24) is 18.7 Å². The summed E-state index contributed by atoms with van der Waals surface area (Å²) in [6.45, 7) is 7.34. The van der Waals surface area contributed by atoms with Crippen molar-refractivity contribution in [1.29, 1.82) is 0 Å². The Morgan fingerprint density at radius 1 is 1.19 bits per heavy atom. The molecule has 3 heterocycles. The zero-order chi connectivity index (χ0) is 18.4. The van der Waals surface area contributed by atoms with Crippen molar-refractivity contribution in [3.05, 3.63) is 63.3 Å². The van der Waals surface area contributed by atoms with Crippen LogP contribution in [0.15, 0.2) is 46.5 Å². The maximum atomic E-state index is 12.9. The van der Waals surface area contributed by atoms with Crippen molar-refractivity contribution >= 4 is 22.8 Å². The minimum Gasteiger partial charge on any atom is -0.310 e. The van der Waals surface area contributed by atoms with E-state index < -0.39 is 0 Å². The van der Waals surface area contributed by atoms with Crippen LogP contribution in [0.2, 0.25) is 0 Å². The molecule has 26 heavy (non-hydrogen) atoms. The number of hydrogen-bond donors (Lipinski definition) is 0. The highest BCUT2D eigenvalue weighted by Crippen LogP contribution is 2.31. The molecule has 4 rings (SSSR count). The highest BCUT2D eigenvalue weighted by molar-refractivity contribution is 5.77. The summed E-state index contributed by atoms with van der Waals surface area (Å²) in [5.74, 6) is 0.702. The molecule has 2 aromatic heterocycles. The third-order valence-corrected chi connectivity index (χ3v) is 4.97. The number of aryl methyl sites for hydroxylation is 2. The van der Waals surface area contributed by atoms with Crippen LogP contribution in [0.3, 0.4) is 0 Å². The molecule has 3 aromatic rings. The first-order valence-electron chi connectivity index (χ1n) is 8.74. The number of anilines is 2. The fourth-order valence-electron chi connectivity index (χ4n) is 3.52. The normalized spacial score (nSPS) is 13.4. The van der Waals surface area contributed by atoms with Gasteiger partial charge in [0, 0.05) is 32.4 Å². The lowest BCUT2D eigenvalue weighted by atomic mass is 10.1. The standard InChI is InChI=1S/C19H21N5O2/c1-4-10-24-17(25)15-16(21(3)19(24)26)20-18-22(11-12-23(15)18)14-8-6-13(5-2)7-9-14/h4,6-9H,1,5,10-12H2,2-3H3. The van der Waals surface area contributed by atoms with Gasteiger partial charge in [0.2, 0.25) is 5.95 Å². The van der Waals surface area contributed by atoms with Crippen LogP contribution in [0.4, 0.5) is 11.6 Å². The Balaban J connectivity index is 1.91. The van der Waals surface area contributed by atoms with E-state index in [1.165, 1.54) is 14.7 Å². The molecule has 0 saturated heterocycles. The number of hydrogen-bond acceptors (Lipinski definition) is 4. The van der Waals surface area contributed by atoms with Crippen LogP contribution in [0.25, 0.3) is 11.2 Å². The fraction of sp³-hybridized carbons (Fsp3) is 0.316. The molecule has 0 radical (unpaired) electrons. The van der Waals surface area contributed by atoms with E-state index >= 15 is 0 Å². The summed E-state index contributed by atoms with van der Waals surface area (Å²) in [4.78, 5) is 32.0. The number of benzene rings is 1. The van der Waals surface area contributed by atoms with E-state index in [-0.39, 0.29) is 17.8 Å². The highest BCUT2D eigenvalue weighted by atomic mass is 16.2. The molecule has 0 unspecified atom stereocenters. The second kappa shape index (κ2) is 6.01. The SMILES string of the molecule is C=CCn1c(=O)c2c(nc3n2CCN3c2ccc(CC)cc2)n(C)c1=O. The van der Waals surface area contributed by atoms with E-state index in [9.17, 15) is 9.59 Å². The van der Waals surface area contributed by atoms with Gasteiger partial charge in [0.15, 0.2) is 11.2 Å². The molecule has 1 aliphatic rings. The van der Waals surface area contributed by atoms with Gasteiger partial charge in [-0.25, -0.2) is 4.79 Å². The van der Waals surface area contributed by atoms with Gasteiger partial charge in [-0.1, -0.05) is 25.1 Å². The molecule has 0 spiro atoms. The Bertz CT molecular complexity index is 1120. The lowest BCUT2D eigenvalue weighted by Crippen LogP contribution is -2.39. The molecule has 7 heteroatoms. The molecule has 0 atom stereocenters. The molecule has 134 valence electrons. The Morgan fingerprint density at radius 2 is 1.92 bits per heavy atom. The average Bonchev–Trinajstić information content (AvgIpc) is 3.23. The van der Waals surface area contributed by atoms with Crippen LogP contribution < -0.4 is 16.1 Å². The third kappa shape index (κ3) is 2.23. The summed E-state index contributed by atoms with van der Waals surface area (Å²) >= 11 is 0.